The Hall–Kier alpha value is -1.55. The normalized spacial score (nSPS) is 14.9. The van der Waals surface area contributed by atoms with E-state index in [9.17, 15) is 4.79 Å². The summed E-state index contributed by atoms with van der Waals surface area (Å²) >= 11 is 0. The maximum Gasteiger partial charge on any atom is 0.222 e. The van der Waals surface area contributed by atoms with Crippen LogP contribution in [0.1, 0.15) is 38.2 Å². The Morgan fingerprint density at radius 2 is 2.09 bits per heavy atom. The van der Waals surface area contributed by atoms with Crippen LogP contribution < -0.4 is 10.1 Å². The Morgan fingerprint density at radius 3 is 2.86 bits per heavy atom. The number of hydrogen-bond donors (Lipinski definition) is 1. The first kappa shape index (κ1) is 16.8. The topological polar surface area (TPSA) is 41.6 Å². The zero-order valence-corrected chi connectivity index (χ0v) is 13.6. The van der Waals surface area contributed by atoms with Crippen LogP contribution in [0.5, 0.6) is 5.75 Å². The van der Waals surface area contributed by atoms with E-state index in [1.165, 1.54) is 18.4 Å². The molecular weight excluding hydrogens is 276 g/mol. The van der Waals surface area contributed by atoms with Gasteiger partial charge < -0.3 is 15.0 Å². The van der Waals surface area contributed by atoms with Gasteiger partial charge in [-0.05, 0) is 30.5 Å². The molecule has 1 heterocycles. The van der Waals surface area contributed by atoms with Crippen molar-refractivity contribution in [3.05, 3.63) is 29.8 Å². The minimum absolute atomic E-state index is 0.260. The summed E-state index contributed by atoms with van der Waals surface area (Å²) in [6, 6.07) is 8.15. The van der Waals surface area contributed by atoms with Gasteiger partial charge in [0.25, 0.3) is 0 Å². The van der Waals surface area contributed by atoms with Crippen molar-refractivity contribution in [1.29, 1.82) is 0 Å². The molecule has 1 amide bonds. The fourth-order valence-corrected chi connectivity index (χ4v) is 2.66. The number of nitrogens with zero attached hydrogens (tertiary/aromatic N) is 1. The monoisotopic (exact) mass is 304 g/mol. The van der Waals surface area contributed by atoms with Crippen LogP contribution in [-0.4, -0.2) is 43.6 Å². The van der Waals surface area contributed by atoms with Crippen molar-refractivity contribution in [1.82, 2.24) is 10.2 Å². The van der Waals surface area contributed by atoms with Crippen LogP contribution in [0.4, 0.5) is 0 Å². The molecule has 0 unspecified atom stereocenters. The summed E-state index contributed by atoms with van der Waals surface area (Å²) in [7, 11) is 0. The summed E-state index contributed by atoms with van der Waals surface area (Å²) in [6.45, 7) is 6.45. The molecule has 0 radical (unpaired) electrons. The molecule has 122 valence electrons. The van der Waals surface area contributed by atoms with Gasteiger partial charge in [0.1, 0.15) is 5.75 Å². The SMILES string of the molecule is CCCCCOc1cccc(CCC(=O)N2CCNCC2)c1. The minimum atomic E-state index is 0.260. The molecule has 1 N–H and O–H groups in total. The van der Waals surface area contributed by atoms with Crippen LogP contribution in [-0.2, 0) is 11.2 Å². The van der Waals surface area contributed by atoms with Gasteiger partial charge >= 0.3 is 0 Å². The van der Waals surface area contributed by atoms with E-state index in [-0.39, 0.29) is 5.91 Å². The first-order valence-corrected chi connectivity index (χ1v) is 8.50. The second kappa shape index (κ2) is 9.46. The predicted octanol–water partition coefficient (Wildman–Crippen LogP) is 2.62. The number of piperazine rings is 1. The van der Waals surface area contributed by atoms with Crippen molar-refractivity contribution in [2.24, 2.45) is 0 Å². The van der Waals surface area contributed by atoms with Crippen LogP contribution >= 0.6 is 0 Å². The van der Waals surface area contributed by atoms with E-state index in [1.807, 2.05) is 17.0 Å². The average molecular weight is 304 g/mol. The molecule has 22 heavy (non-hydrogen) atoms. The van der Waals surface area contributed by atoms with Crippen molar-refractivity contribution in [3.63, 3.8) is 0 Å². The van der Waals surface area contributed by atoms with Gasteiger partial charge in [-0.25, -0.2) is 0 Å². The molecule has 1 saturated heterocycles. The van der Waals surface area contributed by atoms with Crippen LogP contribution in [0.2, 0.25) is 0 Å². The van der Waals surface area contributed by atoms with Crippen molar-refractivity contribution in [3.8, 4) is 5.75 Å². The number of benzene rings is 1. The molecule has 0 aliphatic carbocycles. The molecular formula is C18H28N2O2. The maximum absolute atomic E-state index is 12.2. The van der Waals surface area contributed by atoms with Gasteiger partial charge in [-0.15, -0.1) is 0 Å². The maximum atomic E-state index is 12.2. The number of carbonyl (C=O) groups excluding carboxylic acids is 1. The second-order valence-electron chi connectivity index (χ2n) is 5.83. The number of unbranched alkanes of at least 4 members (excludes halogenated alkanes) is 2. The molecule has 1 aliphatic rings. The highest BCUT2D eigenvalue weighted by Crippen LogP contribution is 2.16. The molecule has 0 aromatic heterocycles. The molecule has 0 saturated carbocycles. The van der Waals surface area contributed by atoms with Crippen LogP contribution in [0.3, 0.4) is 0 Å². The van der Waals surface area contributed by atoms with Crippen molar-refractivity contribution < 1.29 is 9.53 Å². The van der Waals surface area contributed by atoms with E-state index in [0.717, 1.165) is 51.4 Å². The third kappa shape index (κ3) is 5.68. The first-order chi connectivity index (χ1) is 10.8. The number of rotatable bonds is 8. The summed E-state index contributed by atoms with van der Waals surface area (Å²) in [5.41, 5.74) is 1.18. The van der Waals surface area contributed by atoms with Crippen LogP contribution in [0.15, 0.2) is 24.3 Å². The van der Waals surface area contributed by atoms with E-state index >= 15 is 0 Å². The van der Waals surface area contributed by atoms with Gasteiger partial charge in [0.15, 0.2) is 0 Å². The molecule has 0 atom stereocenters. The van der Waals surface area contributed by atoms with E-state index in [2.05, 4.69) is 24.4 Å². The Kier molecular flexibility index (Phi) is 7.23. The third-order valence-electron chi connectivity index (χ3n) is 4.01. The highest BCUT2D eigenvalue weighted by molar-refractivity contribution is 5.76. The molecule has 1 aromatic carbocycles. The molecule has 0 bridgehead atoms. The molecule has 2 rings (SSSR count). The van der Waals surface area contributed by atoms with Crippen molar-refractivity contribution in [2.45, 2.75) is 39.0 Å². The lowest BCUT2D eigenvalue weighted by atomic mass is 10.1. The highest BCUT2D eigenvalue weighted by Gasteiger charge is 2.15. The summed E-state index contributed by atoms with van der Waals surface area (Å²) < 4.78 is 5.77. The quantitative estimate of drug-likeness (QED) is 0.751. The van der Waals surface area contributed by atoms with Crippen LogP contribution in [0, 0.1) is 0 Å². The van der Waals surface area contributed by atoms with E-state index in [1.54, 1.807) is 0 Å². The summed E-state index contributed by atoms with van der Waals surface area (Å²) in [6.07, 6.45) is 4.88. The lowest BCUT2D eigenvalue weighted by molar-refractivity contribution is -0.131. The average Bonchev–Trinajstić information content (AvgIpc) is 2.58. The lowest BCUT2D eigenvalue weighted by Gasteiger charge is -2.27. The van der Waals surface area contributed by atoms with E-state index in [0.29, 0.717) is 6.42 Å². The summed E-state index contributed by atoms with van der Waals surface area (Å²) in [5, 5.41) is 3.27. The number of amides is 1. The Bertz CT molecular complexity index is 456. The number of ether oxygens (including phenoxy) is 1. The van der Waals surface area contributed by atoms with Gasteiger partial charge in [0, 0.05) is 32.6 Å². The van der Waals surface area contributed by atoms with E-state index in [4.69, 9.17) is 4.74 Å². The number of nitrogens with one attached hydrogen (secondary N) is 1. The van der Waals surface area contributed by atoms with Crippen molar-refractivity contribution >= 4 is 5.91 Å². The molecule has 4 heteroatoms. The smallest absolute Gasteiger partial charge is 0.222 e. The molecule has 1 aliphatic heterocycles. The Morgan fingerprint density at radius 1 is 1.27 bits per heavy atom. The second-order valence-corrected chi connectivity index (χ2v) is 5.83. The summed E-state index contributed by atoms with van der Waals surface area (Å²) in [5.74, 6) is 1.18. The lowest BCUT2D eigenvalue weighted by Crippen LogP contribution is -2.46. The third-order valence-corrected chi connectivity index (χ3v) is 4.01. The molecule has 0 spiro atoms. The molecule has 1 aromatic rings. The number of carbonyl (C=O) groups is 1. The van der Waals surface area contributed by atoms with Gasteiger partial charge in [-0.1, -0.05) is 31.9 Å². The van der Waals surface area contributed by atoms with Crippen molar-refractivity contribution in [2.75, 3.05) is 32.8 Å². The molecule has 1 fully saturated rings. The molecule has 4 nitrogen and oxygen atoms in total. The van der Waals surface area contributed by atoms with Gasteiger partial charge in [-0.2, -0.15) is 0 Å². The fraction of sp³-hybridized carbons (Fsp3) is 0.611. The number of aryl methyl sites for hydroxylation is 1. The Labute approximate surface area is 133 Å². The predicted molar refractivity (Wildman–Crippen MR) is 89.2 cm³/mol. The van der Waals surface area contributed by atoms with Gasteiger partial charge in [-0.3, -0.25) is 4.79 Å². The van der Waals surface area contributed by atoms with Gasteiger partial charge in [0.05, 0.1) is 6.61 Å². The largest absolute Gasteiger partial charge is 0.494 e. The fourth-order valence-electron chi connectivity index (χ4n) is 2.66. The Balaban J connectivity index is 1.76. The standard InChI is InChI=1S/C18H28N2O2/c1-2-3-4-14-22-17-7-5-6-16(15-17)8-9-18(21)20-12-10-19-11-13-20/h5-7,15,19H,2-4,8-14H2,1H3. The zero-order valence-electron chi connectivity index (χ0n) is 13.6. The zero-order chi connectivity index (χ0) is 15.6. The minimum Gasteiger partial charge on any atom is -0.494 e. The summed E-state index contributed by atoms with van der Waals surface area (Å²) in [4.78, 5) is 14.1. The van der Waals surface area contributed by atoms with Crippen LogP contribution in [0.25, 0.3) is 0 Å². The first-order valence-electron chi connectivity index (χ1n) is 8.50. The highest BCUT2D eigenvalue weighted by atomic mass is 16.5. The van der Waals surface area contributed by atoms with E-state index < -0.39 is 0 Å². The number of hydrogen-bond acceptors (Lipinski definition) is 3. The van der Waals surface area contributed by atoms with Gasteiger partial charge in [0.2, 0.25) is 5.91 Å².